The van der Waals surface area contributed by atoms with Crippen molar-refractivity contribution in [2.24, 2.45) is 41.4 Å². The first-order valence-electron chi connectivity index (χ1n) is 23.8. The van der Waals surface area contributed by atoms with Gasteiger partial charge in [-0.2, -0.15) is 0 Å². The second-order valence-electron chi connectivity index (χ2n) is 20.0. The molecule has 0 aromatic carbocycles. The molecule has 11 nitrogen and oxygen atoms in total. The summed E-state index contributed by atoms with van der Waals surface area (Å²) in [5.41, 5.74) is -1.49. The van der Waals surface area contributed by atoms with Crippen molar-refractivity contribution < 1.29 is 48.6 Å². The summed E-state index contributed by atoms with van der Waals surface area (Å²) in [6, 6.07) is -0.217. The monoisotopic (exact) mass is 834 g/mol. The topological polar surface area (TPSA) is 153 Å². The van der Waals surface area contributed by atoms with Gasteiger partial charge in [0.25, 0.3) is 0 Å². The highest BCUT2D eigenvalue weighted by Gasteiger charge is 2.63. The van der Waals surface area contributed by atoms with Crippen molar-refractivity contribution in [1.82, 2.24) is 5.32 Å². The molecule has 5 rings (SSSR count). The fraction of sp³-hybridized carbons (Fsp3) is 0.917. The number of unbranched alkanes of at least 4 members (excludes halogenated alkanes) is 3. The first-order chi connectivity index (χ1) is 27.8. The summed E-state index contributed by atoms with van der Waals surface area (Å²) in [7, 11) is 0. The molecule has 5 aliphatic rings. The molecule has 11 heteroatoms. The minimum Gasteiger partial charge on any atom is -0.481 e. The molecule has 0 bridgehead atoms. The van der Waals surface area contributed by atoms with Gasteiger partial charge in [0.15, 0.2) is 11.6 Å². The number of aliphatic hydroxyl groups excluding tert-OH is 1. The van der Waals surface area contributed by atoms with E-state index in [1.54, 1.807) is 0 Å². The van der Waals surface area contributed by atoms with Crippen LogP contribution in [0.2, 0.25) is 0 Å². The van der Waals surface area contributed by atoms with E-state index in [-0.39, 0.29) is 53.8 Å². The summed E-state index contributed by atoms with van der Waals surface area (Å²) >= 11 is 0. The van der Waals surface area contributed by atoms with Crippen LogP contribution in [0.5, 0.6) is 0 Å². The van der Waals surface area contributed by atoms with Gasteiger partial charge >= 0.3 is 5.97 Å². The molecule has 0 aromatic rings. The number of nitrogens with one attached hydrogen (secondary N) is 1. The minimum absolute atomic E-state index is 0.0281. The summed E-state index contributed by atoms with van der Waals surface area (Å²) < 4.78 is 34.9. The molecule has 5 heterocycles. The number of carboxylic acid groups (broad SMARTS) is 1. The molecule has 2 spiro atoms. The number of aliphatic hydroxyl groups is 2. The van der Waals surface area contributed by atoms with Gasteiger partial charge in [-0.15, -0.1) is 0 Å². The van der Waals surface area contributed by atoms with Crippen LogP contribution in [-0.4, -0.2) is 99.1 Å². The standard InChI is InChI=1S/C48H83NO10/c1-12-16-17-18-27-49-38-21-24-47(59-48(38)26-25-45(11,58-48)39-22-23-46(54,15-4)34(10)55-39)31(7)28-30(6)43(57-47)36(14-3)41(51)32(8)40(50)33(9)42-29(5)19-20-37(56-42)35(13-2)44(52)53/h21,24,29-40,42-43,49-50,54H,12-20,22-23,25-28H2,1-11H3,(H,52,53)/t29-,30-,31+,32-,33-,34-,35+,36-,37+,38-,39+,40+,42+,43-,45-,46+,47-,48-/m0/s1. The van der Waals surface area contributed by atoms with Gasteiger partial charge in [-0.25, -0.2) is 0 Å². The Morgan fingerprint density at radius 3 is 2.20 bits per heavy atom. The molecule has 0 radical (unpaired) electrons. The zero-order valence-corrected chi connectivity index (χ0v) is 38.5. The third-order valence-corrected chi connectivity index (χ3v) is 15.9. The van der Waals surface area contributed by atoms with Crippen LogP contribution >= 0.6 is 0 Å². The smallest absolute Gasteiger partial charge is 0.309 e. The normalized spacial score (nSPS) is 42.7. The maximum atomic E-state index is 14.7. The van der Waals surface area contributed by atoms with E-state index in [1.807, 2.05) is 41.5 Å². The molecule has 340 valence electrons. The number of ketones is 1. The van der Waals surface area contributed by atoms with Gasteiger partial charge in [-0.3, -0.25) is 9.59 Å². The van der Waals surface area contributed by atoms with Gasteiger partial charge in [-0.1, -0.05) is 87.7 Å². The van der Waals surface area contributed by atoms with Crippen molar-refractivity contribution in [3.8, 4) is 0 Å². The Balaban J connectivity index is 1.36. The Bertz CT molecular complexity index is 1430. The molecule has 0 saturated carbocycles. The number of hydrogen-bond acceptors (Lipinski definition) is 10. The van der Waals surface area contributed by atoms with Crippen molar-refractivity contribution in [1.29, 1.82) is 0 Å². The summed E-state index contributed by atoms with van der Waals surface area (Å²) in [6.45, 7) is 23.2. The highest BCUT2D eigenvalue weighted by Crippen LogP contribution is 2.54. The van der Waals surface area contributed by atoms with E-state index >= 15 is 0 Å². The molecule has 0 aromatic heterocycles. The maximum Gasteiger partial charge on any atom is 0.309 e. The van der Waals surface area contributed by atoms with Gasteiger partial charge < -0.3 is 44.3 Å². The zero-order valence-electron chi connectivity index (χ0n) is 38.5. The minimum atomic E-state index is -1.13. The van der Waals surface area contributed by atoms with E-state index in [0.29, 0.717) is 44.9 Å². The Kier molecular flexibility index (Phi) is 16.4. The van der Waals surface area contributed by atoms with E-state index in [1.165, 1.54) is 12.8 Å². The lowest BCUT2D eigenvalue weighted by Crippen LogP contribution is -2.65. The van der Waals surface area contributed by atoms with Gasteiger partial charge in [0.1, 0.15) is 5.78 Å². The van der Waals surface area contributed by atoms with Gasteiger partial charge in [0, 0.05) is 30.1 Å². The summed E-state index contributed by atoms with van der Waals surface area (Å²) in [4.78, 5) is 26.7. The molecular weight excluding hydrogens is 751 g/mol. The number of carboxylic acids is 1. The van der Waals surface area contributed by atoms with Crippen LogP contribution in [0.4, 0.5) is 0 Å². The van der Waals surface area contributed by atoms with E-state index in [0.717, 1.165) is 38.6 Å². The second-order valence-corrected chi connectivity index (χ2v) is 20.0. The van der Waals surface area contributed by atoms with Crippen molar-refractivity contribution in [2.75, 3.05) is 6.54 Å². The number of carbonyl (C=O) groups is 2. The lowest BCUT2D eigenvalue weighted by Gasteiger charge is -2.55. The van der Waals surface area contributed by atoms with Crippen LogP contribution < -0.4 is 5.32 Å². The number of ether oxygens (including phenoxy) is 5. The molecule has 4 saturated heterocycles. The quantitative estimate of drug-likeness (QED) is 0.0779. The van der Waals surface area contributed by atoms with Crippen molar-refractivity contribution >= 4 is 11.8 Å². The summed E-state index contributed by atoms with van der Waals surface area (Å²) in [5.74, 6) is -5.03. The van der Waals surface area contributed by atoms with Gasteiger partial charge in [0.05, 0.1) is 59.8 Å². The van der Waals surface area contributed by atoms with Crippen molar-refractivity contribution in [3.63, 3.8) is 0 Å². The molecule has 5 aliphatic heterocycles. The Labute approximate surface area is 356 Å². The predicted octanol–water partition coefficient (Wildman–Crippen LogP) is 8.37. The Hall–Kier alpha value is -1.44. The van der Waals surface area contributed by atoms with Crippen LogP contribution in [0.25, 0.3) is 0 Å². The van der Waals surface area contributed by atoms with Crippen LogP contribution in [0.15, 0.2) is 12.2 Å². The molecule has 59 heavy (non-hydrogen) atoms. The fourth-order valence-electron chi connectivity index (χ4n) is 11.5. The lowest BCUT2D eigenvalue weighted by molar-refractivity contribution is -0.398. The number of Topliss-reactive ketones (excluding diaryl/α,β-unsaturated/α-hetero) is 1. The van der Waals surface area contributed by atoms with E-state index in [2.05, 4.69) is 52.1 Å². The Morgan fingerprint density at radius 1 is 0.864 bits per heavy atom. The first-order valence-corrected chi connectivity index (χ1v) is 23.8. The third kappa shape index (κ3) is 10.0. The molecule has 0 unspecified atom stereocenters. The SMILES string of the molecule is CCCCCCN[C@H]1C=C[C@]2(O[C@H]([C@@H](CC)C(=O)[C@@H](C)[C@@H](O)[C@H](C)[C@@H]3O[C@@H]([C@@H](CC)C(=O)O)CC[C@@H]3C)[C@@H](C)C[C@H]2C)O[C@@]12CC[C@@](C)([C@H]1CC[C@](O)(CC)[C@H](C)O1)O2. The number of aliphatic carboxylic acids is 1. The summed E-state index contributed by atoms with van der Waals surface area (Å²) in [6.07, 6.45) is 12.7. The lowest BCUT2D eigenvalue weighted by atomic mass is 9.72. The van der Waals surface area contributed by atoms with E-state index in [4.69, 9.17) is 23.7 Å². The molecule has 4 N–H and O–H groups in total. The second kappa shape index (κ2) is 19.9. The van der Waals surface area contributed by atoms with Crippen LogP contribution in [-0.2, 0) is 33.3 Å². The molecular formula is C48H83NO10. The zero-order chi connectivity index (χ0) is 43.5. The molecule has 4 fully saturated rings. The average molecular weight is 834 g/mol. The molecule has 0 amide bonds. The van der Waals surface area contributed by atoms with Crippen molar-refractivity contribution in [3.05, 3.63) is 12.2 Å². The number of carbonyl (C=O) groups excluding carboxylic acids is 1. The van der Waals surface area contributed by atoms with Crippen LogP contribution in [0.1, 0.15) is 166 Å². The number of hydrogen-bond donors (Lipinski definition) is 4. The first kappa shape index (κ1) is 48.6. The Morgan fingerprint density at radius 2 is 1.58 bits per heavy atom. The highest BCUT2D eigenvalue weighted by molar-refractivity contribution is 5.84. The average Bonchev–Trinajstić information content (AvgIpc) is 3.55. The number of rotatable bonds is 18. The predicted molar refractivity (Wildman–Crippen MR) is 229 cm³/mol. The van der Waals surface area contributed by atoms with E-state index in [9.17, 15) is 24.9 Å². The maximum absolute atomic E-state index is 14.7. The van der Waals surface area contributed by atoms with Gasteiger partial charge in [0.2, 0.25) is 0 Å². The van der Waals surface area contributed by atoms with Crippen molar-refractivity contribution in [2.45, 2.75) is 231 Å². The fourth-order valence-corrected chi connectivity index (χ4v) is 11.5. The van der Waals surface area contributed by atoms with Crippen LogP contribution in [0.3, 0.4) is 0 Å². The van der Waals surface area contributed by atoms with E-state index < -0.39 is 64.8 Å². The highest BCUT2D eigenvalue weighted by atomic mass is 16.8. The molecule has 18 atom stereocenters. The largest absolute Gasteiger partial charge is 0.481 e. The van der Waals surface area contributed by atoms with Gasteiger partial charge in [-0.05, 0) is 103 Å². The third-order valence-electron chi connectivity index (χ3n) is 15.9. The van der Waals surface area contributed by atoms with Crippen LogP contribution in [0, 0.1) is 41.4 Å². The molecule has 0 aliphatic carbocycles. The summed E-state index contributed by atoms with van der Waals surface area (Å²) in [5, 5.41) is 36.7.